The van der Waals surface area contributed by atoms with Gasteiger partial charge in [-0.1, -0.05) is 6.07 Å². The van der Waals surface area contributed by atoms with E-state index in [0.717, 1.165) is 16.8 Å². The molecule has 1 amide bonds. The van der Waals surface area contributed by atoms with Gasteiger partial charge in [0.05, 0.1) is 12.2 Å². The number of hydrogen-bond donors (Lipinski definition) is 2. The van der Waals surface area contributed by atoms with E-state index in [4.69, 9.17) is 5.73 Å². The SMILES string of the molecule is Cc1nccc(CNC(=O)c2cc(N)c(C)cc2C)n1. The van der Waals surface area contributed by atoms with Crippen LogP contribution in [0.4, 0.5) is 5.69 Å². The highest BCUT2D eigenvalue weighted by molar-refractivity contribution is 5.96. The Hall–Kier alpha value is -2.43. The Kier molecular flexibility index (Phi) is 3.98. The van der Waals surface area contributed by atoms with E-state index in [0.29, 0.717) is 23.6 Å². The second-order valence-corrected chi connectivity index (χ2v) is 4.80. The lowest BCUT2D eigenvalue weighted by Gasteiger charge is -2.10. The van der Waals surface area contributed by atoms with Crippen molar-refractivity contribution in [3.8, 4) is 0 Å². The van der Waals surface area contributed by atoms with Gasteiger partial charge in [0.25, 0.3) is 5.91 Å². The third-order valence-electron chi connectivity index (χ3n) is 3.12. The first-order valence-corrected chi connectivity index (χ1v) is 6.41. The Morgan fingerprint density at radius 1 is 1.25 bits per heavy atom. The highest BCUT2D eigenvalue weighted by Crippen LogP contribution is 2.17. The van der Waals surface area contributed by atoms with E-state index in [9.17, 15) is 4.79 Å². The zero-order valence-corrected chi connectivity index (χ0v) is 11.9. The van der Waals surface area contributed by atoms with E-state index in [1.54, 1.807) is 18.3 Å². The summed E-state index contributed by atoms with van der Waals surface area (Å²) < 4.78 is 0. The van der Waals surface area contributed by atoms with Gasteiger partial charge < -0.3 is 11.1 Å². The highest BCUT2D eigenvalue weighted by atomic mass is 16.1. The van der Waals surface area contributed by atoms with Crippen LogP contribution in [0.3, 0.4) is 0 Å². The number of rotatable bonds is 3. The van der Waals surface area contributed by atoms with Gasteiger partial charge in [-0.3, -0.25) is 4.79 Å². The van der Waals surface area contributed by atoms with E-state index in [-0.39, 0.29) is 5.91 Å². The van der Waals surface area contributed by atoms with Crippen LogP contribution in [0.1, 0.15) is 33.0 Å². The molecule has 0 unspecified atom stereocenters. The fourth-order valence-corrected chi connectivity index (χ4v) is 1.98. The molecule has 5 nitrogen and oxygen atoms in total. The molecular formula is C15H18N4O. The average Bonchev–Trinajstić information content (AvgIpc) is 2.40. The van der Waals surface area contributed by atoms with Crippen molar-refractivity contribution in [3.05, 3.63) is 52.6 Å². The number of amides is 1. The van der Waals surface area contributed by atoms with Gasteiger partial charge in [-0.05, 0) is 44.0 Å². The number of carbonyl (C=O) groups excluding carboxylic acids is 1. The summed E-state index contributed by atoms with van der Waals surface area (Å²) >= 11 is 0. The van der Waals surface area contributed by atoms with Crippen molar-refractivity contribution >= 4 is 11.6 Å². The molecule has 2 rings (SSSR count). The average molecular weight is 270 g/mol. The molecule has 0 radical (unpaired) electrons. The summed E-state index contributed by atoms with van der Waals surface area (Å²) in [5.41, 5.74) is 9.74. The number of nitrogens with one attached hydrogen (secondary N) is 1. The highest BCUT2D eigenvalue weighted by Gasteiger charge is 2.11. The number of nitrogen functional groups attached to an aromatic ring is 1. The number of nitrogens with two attached hydrogens (primary N) is 1. The first-order chi connectivity index (χ1) is 9.47. The molecule has 0 saturated carbocycles. The maximum absolute atomic E-state index is 12.2. The third-order valence-corrected chi connectivity index (χ3v) is 3.12. The molecule has 3 N–H and O–H groups in total. The van der Waals surface area contributed by atoms with Crippen molar-refractivity contribution < 1.29 is 4.79 Å². The second kappa shape index (κ2) is 5.69. The minimum absolute atomic E-state index is 0.148. The number of benzene rings is 1. The van der Waals surface area contributed by atoms with Crippen LogP contribution in [-0.2, 0) is 6.54 Å². The Morgan fingerprint density at radius 2 is 2.00 bits per heavy atom. The topological polar surface area (TPSA) is 80.9 Å². The summed E-state index contributed by atoms with van der Waals surface area (Å²) in [5.74, 6) is 0.540. The Morgan fingerprint density at radius 3 is 2.70 bits per heavy atom. The van der Waals surface area contributed by atoms with Crippen molar-refractivity contribution in [2.45, 2.75) is 27.3 Å². The number of aryl methyl sites for hydroxylation is 3. The fourth-order valence-electron chi connectivity index (χ4n) is 1.98. The molecule has 1 aromatic carbocycles. The minimum Gasteiger partial charge on any atom is -0.398 e. The van der Waals surface area contributed by atoms with Crippen molar-refractivity contribution in [1.82, 2.24) is 15.3 Å². The third kappa shape index (κ3) is 3.12. The largest absolute Gasteiger partial charge is 0.398 e. The van der Waals surface area contributed by atoms with Gasteiger partial charge in [0.2, 0.25) is 0 Å². The van der Waals surface area contributed by atoms with Crippen molar-refractivity contribution in [2.24, 2.45) is 0 Å². The molecule has 0 fully saturated rings. The summed E-state index contributed by atoms with van der Waals surface area (Å²) in [4.78, 5) is 20.4. The molecule has 0 spiro atoms. The predicted octanol–water partition coefficient (Wildman–Crippen LogP) is 1.91. The molecule has 0 saturated heterocycles. The lowest BCUT2D eigenvalue weighted by atomic mass is 10.0. The molecule has 0 bridgehead atoms. The van der Waals surface area contributed by atoms with Crippen LogP contribution in [-0.4, -0.2) is 15.9 Å². The molecule has 20 heavy (non-hydrogen) atoms. The maximum atomic E-state index is 12.2. The number of nitrogens with zero attached hydrogens (tertiary/aromatic N) is 2. The van der Waals surface area contributed by atoms with Crippen molar-refractivity contribution in [1.29, 1.82) is 0 Å². The maximum Gasteiger partial charge on any atom is 0.251 e. The first kappa shape index (κ1) is 14.0. The Balaban J connectivity index is 2.11. The summed E-state index contributed by atoms with van der Waals surface area (Å²) in [7, 11) is 0. The first-order valence-electron chi connectivity index (χ1n) is 6.41. The van der Waals surface area contributed by atoms with Gasteiger partial charge in [0, 0.05) is 17.4 Å². The van der Waals surface area contributed by atoms with Crippen molar-refractivity contribution in [2.75, 3.05) is 5.73 Å². The van der Waals surface area contributed by atoms with Crippen LogP contribution >= 0.6 is 0 Å². The van der Waals surface area contributed by atoms with Crippen LogP contribution < -0.4 is 11.1 Å². The molecule has 0 aliphatic carbocycles. The molecular weight excluding hydrogens is 252 g/mol. The second-order valence-electron chi connectivity index (χ2n) is 4.80. The Bertz CT molecular complexity index is 652. The fraction of sp³-hybridized carbons (Fsp3) is 0.267. The summed E-state index contributed by atoms with van der Waals surface area (Å²) in [5, 5.41) is 2.85. The van der Waals surface area contributed by atoms with Gasteiger partial charge in [0.1, 0.15) is 5.82 Å². The van der Waals surface area contributed by atoms with Crippen LogP contribution in [0.15, 0.2) is 24.4 Å². The van der Waals surface area contributed by atoms with E-state index >= 15 is 0 Å². The lowest BCUT2D eigenvalue weighted by molar-refractivity contribution is 0.0950. The zero-order chi connectivity index (χ0) is 14.7. The van der Waals surface area contributed by atoms with E-state index in [2.05, 4.69) is 15.3 Å². The number of aromatic nitrogens is 2. The number of carbonyl (C=O) groups is 1. The van der Waals surface area contributed by atoms with E-state index in [1.807, 2.05) is 26.8 Å². The molecule has 0 atom stereocenters. The number of anilines is 1. The standard InChI is InChI=1S/C15H18N4O/c1-9-6-10(2)14(16)7-13(9)15(20)18-8-12-4-5-17-11(3)19-12/h4-7H,8,16H2,1-3H3,(H,18,20). The van der Waals surface area contributed by atoms with E-state index < -0.39 is 0 Å². The van der Waals surface area contributed by atoms with Crippen LogP contribution in [0, 0.1) is 20.8 Å². The van der Waals surface area contributed by atoms with Gasteiger partial charge in [0.15, 0.2) is 0 Å². The monoisotopic (exact) mass is 270 g/mol. The van der Waals surface area contributed by atoms with Gasteiger partial charge in [-0.15, -0.1) is 0 Å². The molecule has 104 valence electrons. The van der Waals surface area contributed by atoms with Crippen LogP contribution in [0.25, 0.3) is 0 Å². The smallest absolute Gasteiger partial charge is 0.251 e. The zero-order valence-electron chi connectivity index (χ0n) is 11.9. The molecule has 1 aromatic heterocycles. The molecule has 0 aliphatic heterocycles. The van der Waals surface area contributed by atoms with Gasteiger partial charge in [-0.25, -0.2) is 9.97 Å². The Labute approximate surface area is 118 Å². The number of hydrogen-bond acceptors (Lipinski definition) is 4. The molecule has 0 aliphatic rings. The molecule has 2 aromatic rings. The summed E-state index contributed by atoms with van der Waals surface area (Å²) in [6.07, 6.45) is 1.68. The van der Waals surface area contributed by atoms with Crippen LogP contribution in [0.2, 0.25) is 0 Å². The van der Waals surface area contributed by atoms with Crippen molar-refractivity contribution in [3.63, 3.8) is 0 Å². The van der Waals surface area contributed by atoms with Gasteiger partial charge >= 0.3 is 0 Å². The molecule has 1 heterocycles. The summed E-state index contributed by atoms with van der Waals surface area (Å²) in [6.45, 7) is 6.01. The van der Waals surface area contributed by atoms with Gasteiger partial charge in [-0.2, -0.15) is 0 Å². The van der Waals surface area contributed by atoms with E-state index in [1.165, 1.54) is 0 Å². The lowest BCUT2D eigenvalue weighted by Crippen LogP contribution is -2.24. The normalized spacial score (nSPS) is 10.3. The van der Waals surface area contributed by atoms with Crippen LogP contribution in [0.5, 0.6) is 0 Å². The predicted molar refractivity (Wildman–Crippen MR) is 78.3 cm³/mol. The quantitative estimate of drug-likeness (QED) is 0.835. The minimum atomic E-state index is -0.148. The molecule has 5 heteroatoms. The summed E-state index contributed by atoms with van der Waals surface area (Å²) in [6, 6.07) is 5.41.